The van der Waals surface area contributed by atoms with Gasteiger partial charge >= 0.3 is 0 Å². The number of nitrogens with zero attached hydrogens (tertiary/aromatic N) is 4. The highest BCUT2D eigenvalue weighted by Gasteiger charge is 2.22. The minimum absolute atomic E-state index is 0.188. The Hall–Kier alpha value is -2.25. The van der Waals surface area contributed by atoms with Crippen LogP contribution in [0, 0.1) is 6.92 Å². The van der Waals surface area contributed by atoms with Crippen molar-refractivity contribution in [3.8, 4) is 5.69 Å². The van der Waals surface area contributed by atoms with Crippen molar-refractivity contribution in [2.24, 2.45) is 0 Å². The Morgan fingerprint density at radius 3 is 3.00 bits per heavy atom. The van der Waals surface area contributed by atoms with E-state index >= 15 is 0 Å². The number of amides is 1. The molecule has 2 heterocycles. The molecular formula is C19H27N5O2. The summed E-state index contributed by atoms with van der Waals surface area (Å²) in [5.74, 6) is -0.188. The second-order valence-corrected chi connectivity index (χ2v) is 6.57. The topological polar surface area (TPSA) is 72.3 Å². The zero-order valence-corrected chi connectivity index (χ0v) is 15.8. The second-order valence-electron chi connectivity index (χ2n) is 6.57. The Balaban J connectivity index is 1.81. The van der Waals surface area contributed by atoms with Crippen molar-refractivity contribution >= 4 is 5.91 Å². The third-order valence-corrected chi connectivity index (χ3v) is 4.92. The summed E-state index contributed by atoms with van der Waals surface area (Å²) < 4.78 is 6.79. The first-order chi connectivity index (χ1) is 12.7. The molecule has 0 radical (unpaired) electrons. The highest BCUT2D eigenvalue weighted by Crippen LogP contribution is 2.26. The summed E-state index contributed by atoms with van der Waals surface area (Å²) >= 11 is 0. The van der Waals surface area contributed by atoms with E-state index in [1.54, 1.807) is 11.8 Å². The van der Waals surface area contributed by atoms with E-state index in [1.165, 1.54) is 11.1 Å². The molecule has 2 aromatic rings. The standard InChI is InChI=1S/C19H27N5O2/c1-4-23-11-9-16-15(13-23)7-5-8-17(16)24-14(2)18(21-22-24)19(25)20-10-6-12-26-3/h5,7-8H,4,6,9-13H2,1-3H3,(H,20,25). The van der Waals surface area contributed by atoms with Crippen LogP contribution >= 0.6 is 0 Å². The molecule has 1 N–H and O–H groups in total. The third-order valence-electron chi connectivity index (χ3n) is 4.92. The van der Waals surface area contributed by atoms with Gasteiger partial charge in [0.25, 0.3) is 5.91 Å². The normalized spacial score (nSPS) is 14.3. The van der Waals surface area contributed by atoms with E-state index in [4.69, 9.17) is 4.74 Å². The lowest BCUT2D eigenvalue weighted by molar-refractivity contribution is 0.0943. The maximum absolute atomic E-state index is 12.4. The van der Waals surface area contributed by atoms with Gasteiger partial charge in [0.05, 0.1) is 11.4 Å². The average Bonchev–Trinajstić information content (AvgIpc) is 3.05. The van der Waals surface area contributed by atoms with Crippen molar-refractivity contribution in [3.63, 3.8) is 0 Å². The zero-order valence-electron chi connectivity index (χ0n) is 15.8. The fourth-order valence-corrected chi connectivity index (χ4v) is 3.39. The number of methoxy groups -OCH3 is 1. The monoisotopic (exact) mass is 357 g/mol. The molecule has 1 aromatic heterocycles. The first kappa shape index (κ1) is 18.5. The molecule has 1 aliphatic heterocycles. The lowest BCUT2D eigenvalue weighted by Crippen LogP contribution is -2.31. The summed E-state index contributed by atoms with van der Waals surface area (Å²) in [7, 11) is 1.65. The quantitative estimate of drug-likeness (QED) is 0.764. The van der Waals surface area contributed by atoms with Crippen LogP contribution < -0.4 is 5.32 Å². The van der Waals surface area contributed by atoms with Gasteiger partial charge in [-0.2, -0.15) is 0 Å². The Morgan fingerprint density at radius 2 is 2.23 bits per heavy atom. The Bertz CT molecular complexity index is 771. The number of carbonyl (C=O) groups is 1. The van der Waals surface area contributed by atoms with Crippen LogP contribution in [-0.4, -0.2) is 59.2 Å². The lowest BCUT2D eigenvalue weighted by Gasteiger charge is -2.29. The fraction of sp³-hybridized carbons (Fsp3) is 0.526. The van der Waals surface area contributed by atoms with Crippen molar-refractivity contribution in [2.45, 2.75) is 33.2 Å². The van der Waals surface area contributed by atoms with E-state index in [0.29, 0.717) is 18.8 Å². The zero-order chi connectivity index (χ0) is 18.5. The minimum Gasteiger partial charge on any atom is -0.385 e. The van der Waals surface area contributed by atoms with E-state index in [-0.39, 0.29) is 5.91 Å². The number of likely N-dealkylation sites (N-methyl/N-ethyl adjacent to an activating group) is 1. The van der Waals surface area contributed by atoms with Crippen LogP contribution in [0.3, 0.4) is 0 Å². The van der Waals surface area contributed by atoms with Crippen molar-refractivity contribution in [2.75, 3.05) is 33.4 Å². The molecule has 0 saturated heterocycles. The lowest BCUT2D eigenvalue weighted by atomic mass is 9.97. The number of carbonyl (C=O) groups excluding carboxylic acids is 1. The summed E-state index contributed by atoms with van der Waals surface area (Å²) in [6.07, 6.45) is 1.76. The van der Waals surface area contributed by atoms with E-state index in [1.807, 2.05) is 6.92 Å². The van der Waals surface area contributed by atoms with Crippen molar-refractivity contribution < 1.29 is 9.53 Å². The van der Waals surface area contributed by atoms with Crippen LogP contribution in [0.1, 0.15) is 40.7 Å². The molecule has 1 aromatic carbocycles. The Labute approximate surface area is 154 Å². The average molecular weight is 357 g/mol. The molecule has 140 valence electrons. The number of hydrogen-bond acceptors (Lipinski definition) is 5. The number of nitrogens with one attached hydrogen (secondary N) is 1. The summed E-state index contributed by atoms with van der Waals surface area (Å²) in [4.78, 5) is 14.8. The van der Waals surface area contributed by atoms with Gasteiger partial charge in [0, 0.05) is 33.4 Å². The first-order valence-corrected chi connectivity index (χ1v) is 9.18. The summed E-state index contributed by atoms with van der Waals surface area (Å²) in [5.41, 5.74) is 4.81. The number of hydrogen-bond donors (Lipinski definition) is 1. The van der Waals surface area contributed by atoms with Crippen LogP contribution in [0.15, 0.2) is 18.2 Å². The molecule has 3 rings (SSSR count). The number of rotatable bonds is 7. The van der Waals surface area contributed by atoms with E-state index < -0.39 is 0 Å². The van der Waals surface area contributed by atoms with E-state index in [9.17, 15) is 4.79 Å². The molecule has 1 amide bonds. The molecule has 0 saturated carbocycles. The van der Waals surface area contributed by atoms with Crippen LogP contribution in [0.5, 0.6) is 0 Å². The smallest absolute Gasteiger partial charge is 0.273 e. The predicted octanol–water partition coefficient (Wildman–Crippen LogP) is 1.72. The summed E-state index contributed by atoms with van der Waals surface area (Å²) in [6, 6.07) is 6.29. The third kappa shape index (κ3) is 3.78. The molecule has 1 aliphatic rings. The minimum atomic E-state index is -0.188. The molecule has 7 nitrogen and oxygen atoms in total. The highest BCUT2D eigenvalue weighted by atomic mass is 16.5. The highest BCUT2D eigenvalue weighted by molar-refractivity contribution is 5.93. The SMILES string of the molecule is CCN1CCc2c(cccc2-n2nnc(C(=O)NCCCOC)c2C)C1. The van der Waals surface area contributed by atoms with E-state index in [2.05, 4.69) is 45.7 Å². The maximum atomic E-state index is 12.4. The van der Waals surface area contributed by atoms with Crippen LogP contribution in [0.25, 0.3) is 5.69 Å². The van der Waals surface area contributed by atoms with Crippen LogP contribution in [0.2, 0.25) is 0 Å². The molecule has 0 fully saturated rings. The van der Waals surface area contributed by atoms with Gasteiger partial charge in [-0.3, -0.25) is 9.69 Å². The molecule has 0 unspecified atom stereocenters. The van der Waals surface area contributed by atoms with Gasteiger partial charge in [0.15, 0.2) is 5.69 Å². The molecule has 0 bridgehead atoms. The van der Waals surface area contributed by atoms with Gasteiger partial charge in [0.2, 0.25) is 0 Å². The molecular weight excluding hydrogens is 330 g/mol. The summed E-state index contributed by atoms with van der Waals surface area (Å²) in [5, 5.41) is 11.3. The fourth-order valence-electron chi connectivity index (χ4n) is 3.39. The van der Waals surface area contributed by atoms with Gasteiger partial charge in [-0.1, -0.05) is 24.3 Å². The maximum Gasteiger partial charge on any atom is 0.273 e. The molecule has 0 spiro atoms. The van der Waals surface area contributed by atoms with Gasteiger partial charge in [0.1, 0.15) is 0 Å². The van der Waals surface area contributed by atoms with Gasteiger partial charge in [-0.05, 0) is 43.5 Å². The van der Waals surface area contributed by atoms with Crippen LogP contribution in [-0.2, 0) is 17.7 Å². The Kier molecular flexibility index (Phi) is 6.00. The Morgan fingerprint density at radius 1 is 1.38 bits per heavy atom. The van der Waals surface area contributed by atoms with Crippen molar-refractivity contribution in [1.82, 2.24) is 25.2 Å². The van der Waals surface area contributed by atoms with Gasteiger partial charge in [-0.15, -0.1) is 5.10 Å². The van der Waals surface area contributed by atoms with E-state index in [0.717, 1.165) is 43.9 Å². The van der Waals surface area contributed by atoms with Crippen molar-refractivity contribution in [1.29, 1.82) is 0 Å². The number of benzene rings is 1. The molecule has 0 aliphatic carbocycles. The van der Waals surface area contributed by atoms with Crippen LogP contribution in [0.4, 0.5) is 0 Å². The number of aromatic nitrogens is 3. The van der Waals surface area contributed by atoms with Gasteiger partial charge in [-0.25, -0.2) is 4.68 Å². The molecule has 0 atom stereocenters. The number of fused-ring (bicyclic) bond motifs is 1. The van der Waals surface area contributed by atoms with Crippen molar-refractivity contribution in [3.05, 3.63) is 40.7 Å². The molecule has 26 heavy (non-hydrogen) atoms. The van der Waals surface area contributed by atoms with Gasteiger partial charge < -0.3 is 10.1 Å². The second kappa shape index (κ2) is 8.42. The molecule has 7 heteroatoms. The summed E-state index contributed by atoms with van der Waals surface area (Å²) in [6.45, 7) is 8.32. The first-order valence-electron chi connectivity index (χ1n) is 9.18. The largest absolute Gasteiger partial charge is 0.385 e. The number of ether oxygens (including phenoxy) is 1. The predicted molar refractivity (Wildman–Crippen MR) is 99.6 cm³/mol.